The first-order valence-corrected chi connectivity index (χ1v) is 8.72. The van der Waals surface area contributed by atoms with Crippen molar-refractivity contribution in [3.05, 3.63) is 30.1 Å². The summed E-state index contributed by atoms with van der Waals surface area (Å²) in [6.07, 6.45) is 4.88. The Labute approximate surface area is 135 Å². The van der Waals surface area contributed by atoms with Gasteiger partial charge in [-0.2, -0.15) is 4.98 Å². The van der Waals surface area contributed by atoms with Crippen LogP contribution in [-0.4, -0.2) is 24.8 Å². The van der Waals surface area contributed by atoms with E-state index in [2.05, 4.69) is 10.1 Å². The van der Waals surface area contributed by atoms with Crippen molar-refractivity contribution in [2.45, 2.75) is 36.1 Å². The second kappa shape index (κ2) is 5.98. The van der Waals surface area contributed by atoms with Gasteiger partial charge in [0.1, 0.15) is 0 Å². The highest BCUT2D eigenvalue weighted by molar-refractivity contribution is 7.90. The molecule has 0 radical (unpaired) electrons. The van der Waals surface area contributed by atoms with Gasteiger partial charge >= 0.3 is 0 Å². The summed E-state index contributed by atoms with van der Waals surface area (Å²) in [6, 6.07) is 6.59. The van der Waals surface area contributed by atoms with Gasteiger partial charge in [-0.05, 0) is 25.0 Å². The van der Waals surface area contributed by atoms with Crippen molar-refractivity contribution in [1.82, 2.24) is 10.1 Å². The van der Waals surface area contributed by atoms with E-state index in [1.54, 1.807) is 18.2 Å². The Morgan fingerprint density at radius 3 is 2.50 bits per heavy atom. The number of hydrogen-bond acceptors (Lipinski definition) is 6. The Kier molecular flexibility index (Phi) is 4.60. The molecule has 0 saturated heterocycles. The minimum absolute atomic E-state index is 0. The zero-order valence-corrected chi connectivity index (χ0v) is 13.8. The van der Waals surface area contributed by atoms with Crippen LogP contribution in [0.25, 0.3) is 11.5 Å². The number of hydrogen-bond donors (Lipinski definition) is 1. The summed E-state index contributed by atoms with van der Waals surface area (Å²) in [4.78, 5) is 4.52. The van der Waals surface area contributed by atoms with Crippen molar-refractivity contribution in [2.24, 2.45) is 5.73 Å². The number of aromatic nitrogens is 2. The number of nitrogens with two attached hydrogens (primary N) is 1. The predicted molar refractivity (Wildman–Crippen MR) is 84.4 cm³/mol. The summed E-state index contributed by atoms with van der Waals surface area (Å²) >= 11 is 0. The molecular weight excluding hydrogens is 326 g/mol. The minimum Gasteiger partial charge on any atom is -0.334 e. The van der Waals surface area contributed by atoms with Gasteiger partial charge in [-0.1, -0.05) is 30.1 Å². The van der Waals surface area contributed by atoms with Crippen LogP contribution in [-0.2, 0) is 15.4 Å². The first-order valence-electron chi connectivity index (χ1n) is 6.83. The van der Waals surface area contributed by atoms with Crippen molar-refractivity contribution < 1.29 is 12.9 Å². The van der Waals surface area contributed by atoms with Gasteiger partial charge in [0.2, 0.25) is 0 Å². The second-order valence-electron chi connectivity index (χ2n) is 5.55. The molecule has 0 unspecified atom stereocenters. The van der Waals surface area contributed by atoms with Crippen molar-refractivity contribution in [1.29, 1.82) is 0 Å². The summed E-state index contributed by atoms with van der Waals surface area (Å²) < 4.78 is 28.9. The van der Waals surface area contributed by atoms with Gasteiger partial charge in [-0.3, -0.25) is 0 Å². The molecule has 22 heavy (non-hydrogen) atoms. The minimum atomic E-state index is -3.37. The fourth-order valence-electron chi connectivity index (χ4n) is 2.73. The lowest BCUT2D eigenvalue weighted by Crippen LogP contribution is -2.34. The molecule has 1 saturated carbocycles. The maximum Gasteiger partial charge on any atom is 0.259 e. The summed E-state index contributed by atoms with van der Waals surface area (Å²) in [7, 11) is -3.37. The maximum absolute atomic E-state index is 11.8. The van der Waals surface area contributed by atoms with Crippen LogP contribution < -0.4 is 5.73 Å². The highest BCUT2D eigenvalue weighted by atomic mass is 35.5. The van der Waals surface area contributed by atoms with Crippen LogP contribution in [0.15, 0.2) is 33.7 Å². The quantitative estimate of drug-likeness (QED) is 0.917. The van der Waals surface area contributed by atoms with Gasteiger partial charge in [0.15, 0.2) is 15.7 Å². The van der Waals surface area contributed by atoms with Crippen LogP contribution in [0.3, 0.4) is 0 Å². The van der Waals surface area contributed by atoms with Crippen LogP contribution >= 0.6 is 12.4 Å². The Bertz CT molecular complexity index is 767. The molecule has 0 atom stereocenters. The fourth-order valence-corrected chi connectivity index (χ4v) is 3.61. The van der Waals surface area contributed by atoms with Gasteiger partial charge < -0.3 is 10.3 Å². The first kappa shape index (κ1) is 16.9. The highest BCUT2D eigenvalue weighted by Gasteiger charge is 2.36. The molecule has 8 heteroatoms. The topological polar surface area (TPSA) is 99.1 Å². The molecule has 1 aliphatic carbocycles. The first-order chi connectivity index (χ1) is 9.90. The molecule has 0 aliphatic heterocycles. The SMILES string of the molecule is CS(=O)(=O)c1ccccc1-c1nc(C2(N)CCCC2)no1.Cl. The van der Waals surface area contributed by atoms with E-state index in [1.807, 2.05) is 0 Å². The summed E-state index contributed by atoms with van der Waals surface area (Å²) in [5.74, 6) is 0.654. The van der Waals surface area contributed by atoms with Gasteiger partial charge in [0, 0.05) is 6.26 Å². The molecule has 1 aromatic carbocycles. The Morgan fingerprint density at radius 2 is 1.86 bits per heavy atom. The smallest absolute Gasteiger partial charge is 0.259 e. The van der Waals surface area contributed by atoms with Crippen LogP contribution in [0.5, 0.6) is 0 Å². The molecule has 1 heterocycles. The lowest BCUT2D eigenvalue weighted by molar-refractivity contribution is 0.372. The van der Waals surface area contributed by atoms with E-state index in [1.165, 1.54) is 6.07 Å². The Morgan fingerprint density at radius 1 is 1.23 bits per heavy atom. The van der Waals surface area contributed by atoms with E-state index in [9.17, 15) is 8.42 Å². The molecule has 1 aliphatic rings. The number of benzene rings is 1. The van der Waals surface area contributed by atoms with E-state index in [0.29, 0.717) is 11.4 Å². The van der Waals surface area contributed by atoms with Crippen molar-refractivity contribution in [3.63, 3.8) is 0 Å². The summed E-state index contributed by atoms with van der Waals surface area (Å²) in [6.45, 7) is 0. The van der Waals surface area contributed by atoms with E-state index < -0.39 is 15.4 Å². The van der Waals surface area contributed by atoms with Crippen LogP contribution in [0.2, 0.25) is 0 Å². The maximum atomic E-state index is 11.8. The lowest BCUT2D eigenvalue weighted by Gasteiger charge is -2.17. The molecule has 1 fully saturated rings. The third-order valence-corrected chi connectivity index (χ3v) is 5.04. The average Bonchev–Trinajstić information content (AvgIpc) is 3.07. The third kappa shape index (κ3) is 3.02. The Hall–Kier alpha value is -1.44. The molecule has 0 spiro atoms. The van der Waals surface area contributed by atoms with Gasteiger partial charge in [0.25, 0.3) is 5.89 Å². The lowest BCUT2D eigenvalue weighted by atomic mass is 9.99. The fraction of sp³-hybridized carbons (Fsp3) is 0.429. The van der Waals surface area contributed by atoms with Crippen LogP contribution in [0, 0.1) is 0 Å². The molecule has 0 bridgehead atoms. The van der Waals surface area contributed by atoms with Gasteiger partial charge in [-0.25, -0.2) is 8.42 Å². The van der Waals surface area contributed by atoms with E-state index in [-0.39, 0.29) is 23.2 Å². The molecule has 3 rings (SSSR count). The predicted octanol–water partition coefficient (Wildman–Crippen LogP) is 2.29. The van der Waals surface area contributed by atoms with Crippen molar-refractivity contribution in [2.75, 3.05) is 6.26 Å². The van der Waals surface area contributed by atoms with Crippen molar-refractivity contribution in [3.8, 4) is 11.5 Å². The third-order valence-electron chi connectivity index (χ3n) is 3.88. The highest BCUT2D eigenvalue weighted by Crippen LogP contribution is 2.36. The van der Waals surface area contributed by atoms with Gasteiger partial charge in [-0.15, -0.1) is 12.4 Å². The average molecular weight is 344 g/mol. The molecule has 2 aromatic rings. The molecule has 0 amide bonds. The Balaban J connectivity index is 0.00000176. The molecule has 1 aromatic heterocycles. The molecule has 6 nitrogen and oxygen atoms in total. The largest absolute Gasteiger partial charge is 0.334 e. The molecular formula is C14H18ClN3O3S. The monoisotopic (exact) mass is 343 g/mol. The van der Waals surface area contributed by atoms with Crippen LogP contribution in [0.4, 0.5) is 0 Å². The second-order valence-corrected chi connectivity index (χ2v) is 7.54. The van der Waals surface area contributed by atoms with Crippen LogP contribution in [0.1, 0.15) is 31.5 Å². The normalized spacial score (nSPS) is 17.2. The van der Waals surface area contributed by atoms with E-state index in [0.717, 1.165) is 31.9 Å². The standard InChI is InChI=1S/C14H17N3O3S.ClH/c1-21(18,19)11-7-3-2-6-10(11)12-16-13(17-20-12)14(15)8-4-5-9-14;/h2-3,6-7H,4-5,8-9,15H2,1H3;1H. The van der Waals surface area contributed by atoms with Crippen molar-refractivity contribution >= 4 is 22.2 Å². The van der Waals surface area contributed by atoms with Gasteiger partial charge in [0.05, 0.1) is 16.0 Å². The summed E-state index contributed by atoms with van der Waals surface area (Å²) in [5, 5.41) is 3.96. The zero-order chi connectivity index (χ0) is 15.1. The zero-order valence-electron chi connectivity index (χ0n) is 12.2. The van der Waals surface area contributed by atoms with E-state index >= 15 is 0 Å². The number of halogens is 1. The number of nitrogens with zero attached hydrogens (tertiary/aromatic N) is 2. The molecule has 2 N–H and O–H groups in total. The number of rotatable bonds is 3. The number of sulfone groups is 1. The summed E-state index contributed by atoms with van der Waals surface area (Å²) in [5.41, 5.74) is 6.16. The van der Waals surface area contributed by atoms with E-state index in [4.69, 9.17) is 10.3 Å². The molecule has 120 valence electrons.